The van der Waals surface area contributed by atoms with E-state index in [-0.39, 0.29) is 17.4 Å². The van der Waals surface area contributed by atoms with Crippen LogP contribution in [0.1, 0.15) is 44.7 Å². The summed E-state index contributed by atoms with van der Waals surface area (Å²) in [5.41, 5.74) is 6.93. The van der Waals surface area contributed by atoms with Crippen LogP contribution in [0.2, 0.25) is 0 Å². The predicted molar refractivity (Wildman–Crippen MR) is 77.1 cm³/mol. The molecule has 2 rings (SSSR count). The summed E-state index contributed by atoms with van der Waals surface area (Å²) in [7, 11) is 0. The second-order valence-electron chi connectivity index (χ2n) is 5.90. The van der Waals surface area contributed by atoms with Crippen molar-refractivity contribution in [3.63, 3.8) is 0 Å². The minimum atomic E-state index is 0.0766. The molecule has 1 aromatic rings. The van der Waals surface area contributed by atoms with Crippen LogP contribution in [0.3, 0.4) is 0 Å². The van der Waals surface area contributed by atoms with Crippen molar-refractivity contribution in [1.29, 1.82) is 0 Å². The van der Waals surface area contributed by atoms with E-state index < -0.39 is 0 Å². The Hall–Kier alpha value is -1.55. The van der Waals surface area contributed by atoms with Gasteiger partial charge < -0.3 is 16.3 Å². The molecule has 1 unspecified atom stereocenters. The van der Waals surface area contributed by atoms with Crippen LogP contribution in [-0.2, 0) is 0 Å². The van der Waals surface area contributed by atoms with Crippen LogP contribution < -0.4 is 11.1 Å². The zero-order valence-corrected chi connectivity index (χ0v) is 11.6. The first-order valence-corrected chi connectivity index (χ1v) is 6.82. The fourth-order valence-electron chi connectivity index (χ4n) is 2.56. The molecule has 4 heteroatoms. The van der Waals surface area contributed by atoms with E-state index >= 15 is 0 Å². The standard InChI is InChI=1S/C15H23N3O/c1-15(2,12-8-9-12)17-13(10-14(16)18-19)11-6-4-3-5-7-11/h3-7,12-13,17,19H,8-10H2,1-2H3,(H2,16,18). The lowest BCUT2D eigenvalue weighted by molar-refractivity contribution is 0.294. The van der Waals surface area contributed by atoms with Crippen molar-refractivity contribution in [2.24, 2.45) is 16.8 Å². The SMILES string of the molecule is CC(C)(NC(C/C(N)=N/O)c1ccccc1)C1CC1. The van der Waals surface area contributed by atoms with Crippen molar-refractivity contribution in [3.8, 4) is 0 Å². The van der Waals surface area contributed by atoms with Gasteiger partial charge in [0.2, 0.25) is 0 Å². The molecule has 0 radical (unpaired) electrons. The molecule has 0 amide bonds. The average molecular weight is 261 g/mol. The third-order valence-electron chi connectivity index (χ3n) is 3.89. The number of hydrogen-bond donors (Lipinski definition) is 3. The molecule has 1 aromatic carbocycles. The summed E-state index contributed by atoms with van der Waals surface area (Å²) < 4.78 is 0. The maximum Gasteiger partial charge on any atom is 0.141 e. The maximum absolute atomic E-state index is 8.79. The van der Waals surface area contributed by atoms with Crippen LogP contribution in [-0.4, -0.2) is 16.6 Å². The second-order valence-corrected chi connectivity index (χ2v) is 5.90. The van der Waals surface area contributed by atoms with E-state index in [1.165, 1.54) is 18.4 Å². The van der Waals surface area contributed by atoms with E-state index in [1.54, 1.807) is 0 Å². The maximum atomic E-state index is 8.79. The number of benzene rings is 1. The molecule has 0 saturated heterocycles. The molecular weight excluding hydrogens is 238 g/mol. The highest BCUT2D eigenvalue weighted by molar-refractivity contribution is 5.80. The molecule has 1 atom stereocenters. The molecule has 4 N–H and O–H groups in total. The van der Waals surface area contributed by atoms with Gasteiger partial charge in [0.15, 0.2) is 0 Å². The van der Waals surface area contributed by atoms with Crippen molar-refractivity contribution in [2.75, 3.05) is 0 Å². The van der Waals surface area contributed by atoms with Crippen molar-refractivity contribution < 1.29 is 5.21 Å². The number of nitrogens with one attached hydrogen (secondary N) is 1. The first kappa shape index (κ1) is 13.9. The zero-order valence-electron chi connectivity index (χ0n) is 11.6. The summed E-state index contributed by atoms with van der Waals surface area (Å²) in [6, 6.07) is 10.3. The van der Waals surface area contributed by atoms with Gasteiger partial charge in [-0.15, -0.1) is 0 Å². The molecule has 0 heterocycles. The number of rotatable bonds is 6. The first-order valence-electron chi connectivity index (χ1n) is 6.82. The highest BCUT2D eigenvalue weighted by Gasteiger charge is 2.39. The highest BCUT2D eigenvalue weighted by Crippen LogP contribution is 2.40. The Morgan fingerprint density at radius 2 is 2.05 bits per heavy atom. The topological polar surface area (TPSA) is 70.6 Å². The molecule has 1 aliphatic rings. The number of amidine groups is 1. The third-order valence-corrected chi connectivity index (χ3v) is 3.89. The smallest absolute Gasteiger partial charge is 0.141 e. The van der Waals surface area contributed by atoms with E-state index in [2.05, 4.69) is 36.5 Å². The summed E-state index contributed by atoms with van der Waals surface area (Å²) in [4.78, 5) is 0. The van der Waals surface area contributed by atoms with Gasteiger partial charge in [-0.25, -0.2) is 0 Å². The van der Waals surface area contributed by atoms with E-state index in [0.717, 1.165) is 5.92 Å². The summed E-state index contributed by atoms with van der Waals surface area (Å²) >= 11 is 0. The highest BCUT2D eigenvalue weighted by atomic mass is 16.4. The summed E-state index contributed by atoms with van der Waals surface area (Å²) in [6.45, 7) is 4.46. The van der Waals surface area contributed by atoms with Crippen molar-refractivity contribution in [2.45, 2.75) is 44.7 Å². The van der Waals surface area contributed by atoms with Crippen LogP contribution in [0.15, 0.2) is 35.5 Å². The Balaban J connectivity index is 2.14. The van der Waals surface area contributed by atoms with Crippen LogP contribution in [0.4, 0.5) is 0 Å². The van der Waals surface area contributed by atoms with E-state index in [9.17, 15) is 0 Å². The van der Waals surface area contributed by atoms with E-state index in [0.29, 0.717) is 6.42 Å². The molecule has 0 bridgehead atoms. The first-order chi connectivity index (χ1) is 9.03. The summed E-state index contributed by atoms with van der Waals surface area (Å²) in [5.74, 6) is 0.985. The lowest BCUT2D eigenvalue weighted by Gasteiger charge is -2.32. The van der Waals surface area contributed by atoms with Crippen LogP contribution in [0.5, 0.6) is 0 Å². The van der Waals surface area contributed by atoms with Gasteiger partial charge in [0, 0.05) is 18.0 Å². The van der Waals surface area contributed by atoms with Gasteiger partial charge in [-0.2, -0.15) is 0 Å². The molecule has 19 heavy (non-hydrogen) atoms. The Morgan fingerprint density at radius 3 is 2.58 bits per heavy atom. The predicted octanol–water partition coefficient (Wildman–Crippen LogP) is 2.64. The molecule has 0 spiro atoms. The quantitative estimate of drug-likeness (QED) is 0.319. The molecule has 1 aliphatic carbocycles. The molecule has 104 valence electrons. The summed E-state index contributed by atoms with van der Waals surface area (Å²) in [6.07, 6.45) is 3.08. The van der Waals surface area contributed by atoms with Gasteiger partial charge in [-0.05, 0) is 38.2 Å². The zero-order chi connectivity index (χ0) is 13.9. The normalized spacial score (nSPS) is 18.3. The van der Waals surface area contributed by atoms with Crippen LogP contribution in [0.25, 0.3) is 0 Å². The third kappa shape index (κ3) is 3.70. The Labute approximate surface area is 114 Å². The van der Waals surface area contributed by atoms with Crippen LogP contribution in [0, 0.1) is 5.92 Å². The van der Waals surface area contributed by atoms with Gasteiger partial charge in [-0.3, -0.25) is 0 Å². The van der Waals surface area contributed by atoms with Crippen LogP contribution >= 0.6 is 0 Å². The number of oxime groups is 1. The van der Waals surface area contributed by atoms with E-state index in [1.807, 2.05) is 18.2 Å². The Bertz CT molecular complexity index is 438. The molecular formula is C15H23N3O. The van der Waals surface area contributed by atoms with E-state index in [4.69, 9.17) is 10.9 Å². The number of nitrogens with two attached hydrogens (primary N) is 1. The van der Waals surface area contributed by atoms with Gasteiger partial charge >= 0.3 is 0 Å². The Kier molecular flexibility index (Phi) is 4.10. The lowest BCUT2D eigenvalue weighted by Crippen LogP contribution is -2.44. The van der Waals surface area contributed by atoms with Crippen molar-refractivity contribution in [3.05, 3.63) is 35.9 Å². The van der Waals surface area contributed by atoms with Gasteiger partial charge in [0.25, 0.3) is 0 Å². The lowest BCUT2D eigenvalue weighted by atomic mass is 9.94. The molecule has 0 aliphatic heterocycles. The fraction of sp³-hybridized carbons (Fsp3) is 0.533. The van der Waals surface area contributed by atoms with Crippen molar-refractivity contribution >= 4 is 5.84 Å². The van der Waals surface area contributed by atoms with Gasteiger partial charge in [-0.1, -0.05) is 35.5 Å². The van der Waals surface area contributed by atoms with Crippen molar-refractivity contribution in [1.82, 2.24) is 5.32 Å². The second kappa shape index (κ2) is 5.61. The number of nitrogens with zero attached hydrogens (tertiary/aromatic N) is 1. The molecule has 1 fully saturated rings. The minimum absolute atomic E-state index is 0.0766. The molecule has 4 nitrogen and oxygen atoms in total. The monoisotopic (exact) mass is 261 g/mol. The van der Waals surface area contributed by atoms with Gasteiger partial charge in [0.05, 0.1) is 0 Å². The molecule has 0 aromatic heterocycles. The van der Waals surface area contributed by atoms with Gasteiger partial charge in [0.1, 0.15) is 5.84 Å². The Morgan fingerprint density at radius 1 is 1.42 bits per heavy atom. The fourth-order valence-corrected chi connectivity index (χ4v) is 2.56. The minimum Gasteiger partial charge on any atom is -0.409 e. The average Bonchev–Trinajstić information content (AvgIpc) is 3.23. The summed E-state index contributed by atoms with van der Waals surface area (Å²) in [5, 5.41) is 15.5. The molecule has 1 saturated carbocycles. The largest absolute Gasteiger partial charge is 0.409 e. The number of hydrogen-bond acceptors (Lipinski definition) is 3.